The van der Waals surface area contributed by atoms with Gasteiger partial charge in [0.1, 0.15) is 0 Å². The standard InChI is InChI=1S/C4H8N2O3/c1-8-4(9-2)6-3(5)7/h1-2H3,(H2,5,7). The Bertz CT molecular complexity index is 126. The highest BCUT2D eigenvalue weighted by Crippen LogP contribution is 1.79. The van der Waals surface area contributed by atoms with Crippen LogP contribution < -0.4 is 5.73 Å². The van der Waals surface area contributed by atoms with E-state index in [0.717, 1.165) is 0 Å². The molecule has 9 heavy (non-hydrogen) atoms. The van der Waals surface area contributed by atoms with Crippen LogP contribution in [0.15, 0.2) is 4.99 Å². The van der Waals surface area contributed by atoms with Crippen LogP contribution in [0, 0.1) is 0 Å². The molecule has 0 aromatic rings. The van der Waals surface area contributed by atoms with Gasteiger partial charge in [0, 0.05) is 0 Å². The maximum absolute atomic E-state index is 10.0. The Morgan fingerprint density at radius 1 is 1.44 bits per heavy atom. The third-order valence-electron chi connectivity index (χ3n) is 0.551. The van der Waals surface area contributed by atoms with E-state index >= 15 is 0 Å². The van der Waals surface area contributed by atoms with E-state index in [2.05, 4.69) is 20.2 Å². The number of nitrogens with zero attached hydrogens (tertiary/aromatic N) is 1. The summed E-state index contributed by atoms with van der Waals surface area (Å²) in [5.74, 6) is 0. The van der Waals surface area contributed by atoms with Gasteiger partial charge >= 0.3 is 12.1 Å². The van der Waals surface area contributed by atoms with Crippen LogP contribution in [0.25, 0.3) is 0 Å². The number of methoxy groups -OCH3 is 2. The van der Waals surface area contributed by atoms with Crippen molar-refractivity contribution in [3.8, 4) is 0 Å². The Morgan fingerprint density at radius 3 is 2.00 bits per heavy atom. The molecule has 5 nitrogen and oxygen atoms in total. The number of aliphatic imine (C=N–C) groups is 1. The lowest BCUT2D eigenvalue weighted by molar-refractivity contribution is 0.233. The Balaban J connectivity index is 3.91. The number of urea groups is 1. The number of amides is 2. The van der Waals surface area contributed by atoms with Gasteiger partial charge in [0.25, 0.3) is 0 Å². The van der Waals surface area contributed by atoms with Crippen molar-refractivity contribution < 1.29 is 14.3 Å². The minimum atomic E-state index is -0.839. The van der Waals surface area contributed by atoms with Crippen molar-refractivity contribution in [1.82, 2.24) is 0 Å². The van der Waals surface area contributed by atoms with Crippen LogP contribution >= 0.6 is 0 Å². The van der Waals surface area contributed by atoms with Crippen molar-refractivity contribution in [3.05, 3.63) is 0 Å². The predicted octanol–water partition coefficient (Wildman–Crippen LogP) is -0.286. The Hall–Kier alpha value is -1.26. The van der Waals surface area contributed by atoms with Crippen molar-refractivity contribution in [3.63, 3.8) is 0 Å². The molecule has 52 valence electrons. The van der Waals surface area contributed by atoms with Gasteiger partial charge < -0.3 is 15.2 Å². The van der Waals surface area contributed by atoms with E-state index in [1.165, 1.54) is 14.2 Å². The summed E-state index contributed by atoms with van der Waals surface area (Å²) in [5.41, 5.74) is 4.66. The van der Waals surface area contributed by atoms with E-state index < -0.39 is 6.03 Å². The monoisotopic (exact) mass is 132 g/mol. The minimum absolute atomic E-state index is 0.137. The van der Waals surface area contributed by atoms with Gasteiger partial charge in [-0.15, -0.1) is 4.99 Å². The normalized spacial score (nSPS) is 7.78. The van der Waals surface area contributed by atoms with Crippen molar-refractivity contribution in [2.45, 2.75) is 0 Å². The summed E-state index contributed by atoms with van der Waals surface area (Å²) in [6.45, 7) is 0. The molecule has 0 unspecified atom stereocenters. The molecule has 0 aliphatic carbocycles. The lowest BCUT2D eigenvalue weighted by Gasteiger charge is -1.97. The first-order valence-corrected chi connectivity index (χ1v) is 2.16. The molecule has 0 rings (SSSR count). The zero-order chi connectivity index (χ0) is 7.28. The molecular weight excluding hydrogens is 124 g/mol. The first-order chi connectivity index (χ1) is 4.20. The molecule has 0 bridgehead atoms. The lowest BCUT2D eigenvalue weighted by Crippen LogP contribution is -2.12. The Morgan fingerprint density at radius 2 is 1.89 bits per heavy atom. The van der Waals surface area contributed by atoms with Crippen molar-refractivity contribution in [2.75, 3.05) is 14.2 Å². The molecule has 0 atom stereocenters. The fourth-order valence-corrected chi connectivity index (χ4v) is 0.265. The summed E-state index contributed by atoms with van der Waals surface area (Å²) in [7, 11) is 2.65. The summed E-state index contributed by atoms with van der Waals surface area (Å²) in [6, 6.07) is -0.839. The second-order valence-electron chi connectivity index (χ2n) is 1.12. The highest BCUT2D eigenvalue weighted by Gasteiger charge is 1.96. The average molecular weight is 132 g/mol. The van der Waals surface area contributed by atoms with Gasteiger partial charge in [-0.25, -0.2) is 4.79 Å². The molecule has 0 fully saturated rings. The van der Waals surface area contributed by atoms with Crippen LogP contribution in [0.4, 0.5) is 4.79 Å². The number of carbonyl (C=O) groups is 1. The SMILES string of the molecule is COC(=NC(N)=O)OC. The molecule has 0 radical (unpaired) electrons. The highest BCUT2D eigenvalue weighted by molar-refractivity contribution is 5.85. The van der Waals surface area contributed by atoms with Gasteiger partial charge in [-0.1, -0.05) is 0 Å². The maximum Gasteiger partial charge on any atom is 0.392 e. The van der Waals surface area contributed by atoms with Crippen LogP contribution in [0.1, 0.15) is 0 Å². The zero-order valence-corrected chi connectivity index (χ0v) is 5.25. The van der Waals surface area contributed by atoms with Crippen LogP contribution in [0.5, 0.6) is 0 Å². The summed E-state index contributed by atoms with van der Waals surface area (Å²) < 4.78 is 8.87. The molecule has 0 aromatic carbocycles. The van der Waals surface area contributed by atoms with Crippen LogP contribution in [0.2, 0.25) is 0 Å². The first kappa shape index (κ1) is 7.74. The molecule has 0 saturated carbocycles. The number of carbonyl (C=O) groups excluding carboxylic acids is 1. The molecule has 0 spiro atoms. The topological polar surface area (TPSA) is 73.9 Å². The molecule has 0 heterocycles. The number of nitrogens with two attached hydrogens (primary N) is 1. The van der Waals surface area contributed by atoms with Crippen LogP contribution in [-0.4, -0.2) is 26.3 Å². The second kappa shape index (κ2) is 3.71. The Kier molecular flexibility index (Phi) is 3.19. The molecule has 0 aliphatic heterocycles. The van der Waals surface area contributed by atoms with Crippen LogP contribution in [0.3, 0.4) is 0 Å². The highest BCUT2D eigenvalue weighted by atomic mass is 16.7. The summed E-state index contributed by atoms with van der Waals surface area (Å²) in [6.07, 6.45) is -0.137. The molecule has 2 N–H and O–H groups in total. The van der Waals surface area contributed by atoms with Gasteiger partial charge in [0.15, 0.2) is 0 Å². The van der Waals surface area contributed by atoms with E-state index in [1.807, 2.05) is 0 Å². The molecular formula is C4H8N2O3. The number of hydrogen-bond acceptors (Lipinski definition) is 3. The molecule has 5 heteroatoms. The molecule has 0 saturated heterocycles. The largest absolute Gasteiger partial charge is 0.454 e. The molecule has 0 aromatic heterocycles. The lowest BCUT2D eigenvalue weighted by atomic mass is 11.0. The predicted molar refractivity (Wildman–Crippen MR) is 31.0 cm³/mol. The third-order valence-corrected chi connectivity index (χ3v) is 0.551. The van der Waals surface area contributed by atoms with E-state index in [1.54, 1.807) is 0 Å². The number of ether oxygens (including phenoxy) is 2. The number of primary amides is 1. The minimum Gasteiger partial charge on any atom is -0.454 e. The quantitative estimate of drug-likeness (QED) is 0.363. The zero-order valence-electron chi connectivity index (χ0n) is 5.25. The third kappa shape index (κ3) is 3.33. The fraction of sp³-hybridized carbons (Fsp3) is 0.500. The van der Waals surface area contributed by atoms with E-state index in [4.69, 9.17) is 0 Å². The second-order valence-corrected chi connectivity index (χ2v) is 1.12. The molecule has 0 aliphatic rings. The van der Waals surface area contributed by atoms with Crippen molar-refractivity contribution >= 4 is 12.1 Å². The van der Waals surface area contributed by atoms with Crippen molar-refractivity contribution in [2.24, 2.45) is 10.7 Å². The van der Waals surface area contributed by atoms with E-state index in [9.17, 15) is 4.79 Å². The summed E-state index contributed by atoms with van der Waals surface area (Å²) in [5, 5.41) is 0. The van der Waals surface area contributed by atoms with Gasteiger partial charge in [-0.3, -0.25) is 0 Å². The smallest absolute Gasteiger partial charge is 0.392 e. The van der Waals surface area contributed by atoms with Crippen LogP contribution in [-0.2, 0) is 9.47 Å². The summed E-state index contributed by atoms with van der Waals surface area (Å²) in [4.78, 5) is 13.1. The first-order valence-electron chi connectivity index (χ1n) is 2.16. The van der Waals surface area contributed by atoms with Gasteiger partial charge in [-0.2, -0.15) is 0 Å². The maximum atomic E-state index is 10.0. The van der Waals surface area contributed by atoms with E-state index in [0.29, 0.717) is 0 Å². The Labute approximate surface area is 52.5 Å². The van der Waals surface area contributed by atoms with E-state index in [-0.39, 0.29) is 6.08 Å². The number of hydrogen-bond donors (Lipinski definition) is 1. The van der Waals surface area contributed by atoms with Crippen molar-refractivity contribution in [1.29, 1.82) is 0 Å². The number of rotatable bonds is 0. The summed E-state index contributed by atoms with van der Waals surface area (Å²) >= 11 is 0. The molecule has 2 amide bonds. The van der Waals surface area contributed by atoms with Gasteiger partial charge in [0.05, 0.1) is 14.2 Å². The fourth-order valence-electron chi connectivity index (χ4n) is 0.265. The van der Waals surface area contributed by atoms with Gasteiger partial charge in [-0.05, 0) is 0 Å². The average Bonchev–Trinajstić information content (AvgIpc) is 1.82. The van der Waals surface area contributed by atoms with Gasteiger partial charge in [0.2, 0.25) is 0 Å².